The molecule has 3 rings (SSSR count). The number of carbonyl (C=O) groups is 4. The SMILES string of the molecule is CCCCCCCCCCCCC[C@@H](CC(N)=O)OC(=O)[C@H](CCCC(=O)OCc1ccccc1)NC(=O)Nc1cnc2ccccc2c1. The Kier molecular flexibility index (Phi) is 18.3. The fourth-order valence-electron chi connectivity index (χ4n) is 5.68. The van der Waals surface area contributed by atoms with Gasteiger partial charge in [0.15, 0.2) is 0 Å². The molecule has 2 aromatic carbocycles. The number of esters is 2. The number of pyridine rings is 1. The zero-order valence-corrected chi connectivity index (χ0v) is 29.0. The Hall–Kier alpha value is -4.47. The summed E-state index contributed by atoms with van der Waals surface area (Å²) in [5, 5.41) is 6.28. The summed E-state index contributed by atoms with van der Waals surface area (Å²) < 4.78 is 11.1. The molecule has 266 valence electrons. The number of rotatable bonds is 24. The zero-order valence-electron chi connectivity index (χ0n) is 29.0. The number of unbranched alkanes of at least 4 members (excludes halogenated alkanes) is 10. The topological polar surface area (TPSA) is 150 Å². The summed E-state index contributed by atoms with van der Waals surface area (Å²) in [7, 11) is 0. The van der Waals surface area contributed by atoms with Crippen molar-refractivity contribution >= 4 is 40.5 Å². The maximum Gasteiger partial charge on any atom is 0.328 e. The first-order valence-electron chi connectivity index (χ1n) is 17.9. The van der Waals surface area contributed by atoms with E-state index in [9.17, 15) is 19.2 Å². The monoisotopic (exact) mass is 674 g/mol. The fraction of sp³-hybridized carbons (Fsp3) is 0.513. The van der Waals surface area contributed by atoms with Gasteiger partial charge >= 0.3 is 18.0 Å². The number of urea groups is 1. The highest BCUT2D eigenvalue weighted by atomic mass is 16.5. The van der Waals surface area contributed by atoms with Gasteiger partial charge in [0.05, 0.1) is 23.8 Å². The molecule has 3 amide bonds. The van der Waals surface area contributed by atoms with Gasteiger partial charge in [0.2, 0.25) is 5.91 Å². The van der Waals surface area contributed by atoms with Crippen molar-refractivity contribution in [1.82, 2.24) is 10.3 Å². The van der Waals surface area contributed by atoms with Gasteiger partial charge in [0.25, 0.3) is 0 Å². The molecular formula is C39H54N4O6. The highest BCUT2D eigenvalue weighted by molar-refractivity contribution is 5.94. The van der Waals surface area contributed by atoms with E-state index in [0.29, 0.717) is 12.1 Å². The van der Waals surface area contributed by atoms with E-state index < -0.39 is 36.0 Å². The molecule has 0 spiro atoms. The van der Waals surface area contributed by atoms with E-state index in [4.69, 9.17) is 15.2 Å². The molecule has 4 N–H and O–H groups in total. The quantitative estimate of drug-likeness (QED) is 0.0641. The first-order chi connectivity index (χ1) is 23.8. The number of nitrogens with two attached hydrogens (primary N) is 1. The Morgan fingerprint density at radius 2 is 1.45 bits per heavy atom. The molecule has 0 bridgehead atoms. The molecule has 0 aliphatic carbocycles. The number of carbonyl (C=O) groups excluding carboxylic acids is 4. The third kappa shape index (κ3) is 16.5. The highest BCUT2D eigenvalue weighted by Gasteiger charge is 2.26. The lowest BCUT2D eigenvalue weighted by Crippen LogP contribution is -2.45. The molecule has 1 aromatic heterocycles. The number of nitrogens with zero attached hydrogens (tertiary/aromatic N) is 1. The number of fused-ring (bicyclic) bond motifs is 1. The molecule has 1 heterocycles. The van der Waals surface area contributed by atoms with Crippen molar-refractivity contribution in [3.05, 3.63) is 72.4 Å². The van der Waals surface area contributed by atoms with Crippen LogP contribution in [0.1, 0.15) is 115 Å². The first kappa shape index (κ1) is 39.0. The average molecular weight is 675 g/mol. The number of amides is 3. The largest absolute Gasteiger partial charge is 0.461 e. The van der Waals surface area contributed by atoms with Crippen LogP contribution in [-0.4, -0.2) is 41.0 Å². The van der Waals surface area contributed by atoms with Crippen molar-refractivity contribution in [2.45, 2.75) is 128 Å². The molecule has 0 aliphatic rings. The van der Waals surface area contributed by atoms with E-state index in [1.54, 1.807) is 6.07 Å². The van der Waals surface area contributed by atoms with Gasteiger partial charge in [-0.05, 0) is 43.4 Å². The number of nitrogens with one attached hydrogen (secondary N) is 2. The van der Waals surface area contributed by atoms with E-state index in [2.05, 4.69) is 22.5 Å². The van der Waals surface area contributed by atoms with Gasteiger partial charge in [0.1, 0.15) is 18.8 Å². The Morgan fingerprint density at radius 3 is 2.14 bits per heavy atom. The average Bonchev–Trinajstić information content (AvgIpc) is 3.09. The molecular weight excluding hydrogens is 620 g/mol. The Balaban J connectivity index is 1.53. The summed E-state index contributed by atoms with van der Waals surface area (Å²) in [5.74, 6) is -1.65. The van der Waals surface area contributed by atoms with Crippen LogP contribution < -0.4 is 16.4 Å². The number of para-hydroxylation sites is 1. The van der Waals surface area contributed by atoms with Gasteiger partial charge in [-0.3, -0.25) is 14.6 Å². The van der Waals surface area contributed by atoms with E-state index in [0.717, 1.165) is 42.1 Å². The molecule has 10 heteroatoms. The maximum atomic E-state index is 13.4. The second-order valence-electron chi connectivity index (χ2n) is 12.7. The van der Waals surface area contributed by atoms with Crippen LogP contribution in [0, 0.1) is 0 Å². The lowest BCUT2D eigenvalue weighted by Gasteiger charge is -2.22. The van der Waals surface area contributed by atoms with Gasteiger partial charge in [-0.1, -0.05) is 120 Å². The molecule has 3 aromatic rings. The number of primary amides is 1. The molecule has 49 heavy (non-hydrogen) atoms. The van der Waals surface area contributed by atoms with Crippen LogP contribution in [0.25, 0.3) is 10.9 Å². The van der Waals surface area contributed by atoms with Crippen LogP contribution in [-0.2, 0) is 30.5 Å². The summed E-state index contributed by atoms with van der Waals surface area (Å²) in [6.07, 6.45) is 14.7. The molecule has 0 fully saturated rings. The minimum absolute atomic E-state index is 0.0535. The Morgan fingerprint density at radius 1 is 0.796 bits per heavy atom. The number of anilines is 1. The Labute approximate surface area is 290 Å². The lowest BCUT2D eigenvalue weighted by molar-refractivity contribution is -0.153. The molecule has 0 saturated carbocycles. The summed E-state index contributed by atoms with van der Waals surface area (Å²) in [6.45, 7) is 2.38. The summed E-state index contributed by atoms with van der Waals surface area (Å²) >= 11 is 0. The fourth-order valence-corrected chi connectivity index (χ4v) is 5.68. The molecule has 0 saturated heterocycles. The summed E-state index contributed by atoms with van der Waals surface area (Å²) in [5.41, 5.74) is 7.61. The number of hydrogen-bond donors (Lipinski definition) is 3. The van der Waals surface area contributed by atoms with Crippen LogP contribution in [0.3, 0.4) is 0 Å². The van der Waals surface area contributed by atoms with Gasteiger partial charge < -0.3 is 25.8 Å². The highest BCUT2D eigenvalue weighted by Crippen LogP contribution is 2.18. The minimum Gasteiger partial charge on any atom is -0.461 e. The van der Waals surface area contributed by atoms with Crippen molar-refractivity contribution in [2.75, 3.05) is 5.32 Å². The van der Waals surface area contributed by atoms with E-state index >= 15 is 0 Å². The number of hydrogen-bond acceptors (Lipinski definition) is 7. The lowest BCUT2D eigenvalue weighted by atomic mass is 10.0. The molecule has 2 atom stereocenters. The third-order valence-electron chi connectivity index (χ3n) is 8.40. The second-order valence-corrected chi connectivity index (χ2v) is 12.7. The number of benzene rings is 2. The first-order valence-corrected chi connectivity index (χ1v) is 17.9. The Bertz CT molecular complexity index is 1430. The second kappa shape index (κ2) is 23.0. The van der Waals surface area contributed by atoms with Crippen molar-refractivity contribution in [2.24, 2.45) is 5.73 Å². The summed E-state index contributed by atoms with van der Waals surface area (Å²) in [4.78, 5) is 55.1. The predicted octanol–water partition coefficient (Wildman–Crippen LogP) is 8.13. The van der Waals surface area contributed by atoms with Crippen LogP contribution in [0.2, 0.25) is 0 Å². The molecule has 0 unspecified atom stereocenters. The van der Waals surface area contributed by atoms with Gasteiger partial charge in [0, 0.05) is 11.8 Å². The van der Waals surface area contributed by atoms with Gasteiger partial charge in [-0.2, -0.15) is 0 Å². The van der Waals surface area contributed by atoms with Crippen LogP contribution in [0.15, 0.2) is 66.9 Å². The van der Waals surface area contributed by atoms with E-state index in [1.807, 2.05) is 54.6 Å². The molecule has 0 radical (unpaired) electrons. The van der Waals surface area contributed by atoms with Gasteiger partial charge in [-0.15, -0.1) is 0 Å². The number of aromatic nitrogens is 1. The standard InChI is InChI=1S/C39H54N4O6/c1-2-3-4-5-6-7-8-9-10-11-15-22-33(27-36(40)44)49-38(46)35(24-18-25-37(45)48-29-30-19-13-12-14-20-30)43-39(47)42-32-26-31-21-16-17-23-34(31)41-28-32/h12-14,16-17,19-21,23,26,28,33,35H,2-11,15,18,22,24-25,27,29H2,1H3,(H2,40,44)(H2,42,43,47)/t33-,35-/m0/s1. The third-order valence-corrected chi connectivity index (χ3v) is 8.40. The van der Waals surface area contributed by atoms with Crippen molar-refractivity contribution in [1.29, 1.82) is 0 Å². The maximum absolute atomic E-state index is 13.4. The molecule has 0 aliphatic heterocycles. The van der Waals surface area contributed by atoms with E-state index in [-0.39, 0.29) is 32.3 Å². The summed E-state index contributed by atoms with van der Waals surface area (Å²) in [6, 6.07) is 17.0. The molecule has 10 nitrogen and oxygen atoms in total. The smallest absolute Gasteiger partial charge is 0.328 e. The predicted molar refractivity (Wildman–Crippen MR) is 193 cm³/mol. The van der Waals surface area contributed by atoms with Gasteiger partial charge in [-0.25, -0.2) is 9.59 Å². The van der Waals surface area contributed by atoms with Crippen LogP contribution in [0.5, 0.6) is 0 Å². The van der Waals surface area contributed by atoms with Crippen LogP contribution in [0.4, 0.5) is 10.5 Å². The minimum atomic E-state index is -1.07. The zero-order chi connectivity index (χ0) is 35.1. The van der Waals surface area contributed by atoms with Crippen molar-refractivity contribution in [3.8, 4) is 0 Å². The van der Waals surface area contributed by atoms with Crippen LogP contribution >= 0.6 is 0 Å². The number of ether oxygens (including phenoxy) is 2. The van der Waals surface area contributed by atoms with Crippen molar-refractivity contribution < 1.29 is 28.7 Å². The normalized spacial score (nSPS) is 12.2. The van der Waals surface area contributed by atoms with E-state index in [1.165, 1.54) is 51.1 Å². The van der Waals surface area contributed by atoms with Crippen molar-refractivity contribution in [3.63, 3.8) is 0 Å².